The van der Waals surface area contributed by atoms with Crippen molar-refractivity contribution in [3.63, 3.8) is 0 Å². The summed E-state index contributed by atoms with van der Waals surface area (Å²) in [5.74, 6) is 0. The van der Waals surface area contributed by atoms with Crippen LogP contribution in [0.1, 0.15) is 34.1 Å². The van der Waals surface area contributed by atoms with Crippen LogP contribution >= 0.6 is 0 Å². The van der Waals surface area contributed by atoms with E-state index in [-0.39, 0.29) is 0 Å². The highest BCUT2D eigenvalue weighted by Crippen LogP contribution is 2.25. The second kappa shape index (κ2) is 3.91. The molecule has 0 unspecified atom stereocenters. The number of nitrogens with zero attached hydrogens (tertiary/aromatic N) is 1. The predicted octanol–water partition coefficient (Wildman–Crippen LogP) is 1.79. The SMILES string of the molecule is COC(C)(C)CC(C)(C)O[N+](=O)[O-]. The summed E-state index contributed by atoms with van der Waals surface area (Å²) in [6.07, 6.45) is 0.456. The van der Waals surface area contributed by atoms with Crippen molar-refractivity contribution in [1.29, 1.82) is 0 Å². The molecule has 0 atom stereocenters. The van der Waals surface area contributed by atoms with E-state index in [2.05, 4.69) is 4.84 Å². The molecule has 0 aromatic heterocycles. The van der Waals surface area contributed by atoms with Crippen molar-refractivity contribution in [2.24, 2.45) is 0 Å². The minimum atomic E-state index is -0.816. The lowest BCUT2D eigenvalue weighted by molar-refractivity contribution is -0.780. The minimum absolute atomic E-state index is 0.417. The molecule has 0 aliphatic heterocycles. The number of hydrogen-bond donors (Lipinski definition) is 0. The van der Waals surface area contributed by atoms with Gasteiger partial charge in [-0.3, -0.25) is 0 Å². The van der Waals surface area contributed by atoms with E-state index in [1.54, 1.807) is 21.0 Å². The normalized spacial score (nSPS) is 12.7. The Morgan fingerprint density at radius 2 is 1.69 bits per heavy atom. The van der Waals surface area contributed by atoms with Gasteiger partial charge in [-0.25, -0.2) is 0 Å². The molecule has 0 aliphatic carbocycles. The van der Waals surface area contributed by atoms with Crippen LogP contribution in [0.3, 0.4) is 0 Å². The second-order valence-corrected chi connectivity index (χ2v) is 4.22. The Balaban J connectivity index is 4.24. The molecule has 0 aliphatic rings. The van der Waals surface area contributed by atoms with Crippen LogP contribution in [-0.4, -0.2) is 23.4 Å². The molecule has 0 rings (SSSR count). The van der Waals surface area contributed by atoms with E-state index in [0.717, 1.165) is 0 Å². The van der Waals surface area contributed by atoms with E-state index in [1.807, 2.05) is 13.8 Å². The van der Waals surface area contributed by atoms with Gasteiger partial charge in [-0.15, -0.1) is 10.1 Å². The molecule has 0 fully saturated rings. The Hall–Kier alpha value is -0.840. The Labute approximate surface area is 78.1 Å². The zero-order chi connectivity index (χ0) is 10.7. The monoisotopic (exact) mass is 191 g/mol. The van der Waals surface area contributed by atoms with Crippen LogP contribution in [0.5, 0.6) is 0 Å². The van der Waals surface area contributed by atoms with Gasteiger partial charge >= 0.3 is 0 Å². The quantitative estimate of drug-likeness (QED) is 0.491. The molecule has 0 amide bonds. The molecule has 13 heavy (non-hydrogen) atoms. The molecule has 78 valence electrons. The highest BCUT2D eigenvalue weighted by atomic mass is 17.0. The summed E-state index contributed by atoms with van der Waals surface area (Å²) < 4.78 is 5.15. The third kappa shape index (κ3) is 5.41. The smallest absolute Gasteiger partial charge is 0.295 e. The first-order valence-electron chi connectivity index (χ1n) is 4.07. The third-order valence-corrected chi connectivity index (χ3v) is 1.73. The predicted molar refractivity (Wildman–Crippen MR) is 47.9 cm³/mol. The molecule has 0 saturated heterocycles. The first kappa shape index (κ1) is 12.2. The van der Waals surface area contributed by atoms with Crippen LogP contribution in [0.15, 0.2) is 0 Å². The highest BCUT2D eigenvalue weighted by Gasteiger charge is 2.31. The van der Waals surface area contributed by atoms with Gasteiger partial charge in [0.2, 0.25) is 0 Å². The number of ether oxygens (including phenoxy) is 1. The van der Waals surface area contributed by atoms with Crippen molar-refractivity contribution in [3.8, 4) is 0 Å². The topological polar surface area (TPSA) is 61.6 Å². The first-order valence-corrected chi connectivity index (χ1v) is 4.07. The fourth-order valence-corrected chi connectivity index (χ4v) is 1.33. The van der Waals surface area contributed by atoms with Crippen LogP contribution in [0.2, 0.25) is 0 Å². The van der Waals surface area contributed by atoms with Crippen molar-refractivity contribution in [2.75, 3.05) is 7.11 Å². The number of hydrogen-bond acceptors (Lipinski definition) is 4. The lowest BCUT2D eigenvalue weighted by Gasteiger charge is -2.31. The van der Waals surface area contributed by atoms with Crippen molar-refractivity contribution in [3.05, 3.63) is 10.1 Å². The average molecular weight is 191 g/mol. The van der Waals surface area contributed by atoms with Crippen molar-refractivity contribution in [1.82, 2.24) is 0 Å². The van der Waals surface area contributed by atoms with E-state index >= 15 is 0 Å². The van der Waals surface area contributed by atoms with Gasteiger partial charge in [0.25, 0.3) is 5.09 Å². The molecule has 0 bridgehead atoms. The largest absolute Gasteiger partial charge is 0.379 e. The Morgan fingerprint density at radius 1 is 1.23 bits per heavy atom. The van der Waals surface area contributed by atoms with E-state index in [4.69, 9.17) is 4.74 Å². The molecule has 0 spiro atoms. The first-order chi connectivity index (χ1) is 5.68. The Morgan fingerprint density at radius 3 is 2.00 bits per heavy atom. The van der Waals surface area contributed by atoms with Gasteiger partial charge in [-0.05, 0) is 27.7 Å². The molecular formula is C8H17NO4. The second-order valence-electron chi connectivity index (χ2n) is 4.22. The van der Waals surface area contributed by atoms with Crippen LogP contribution < -0.4 is 0 Å². The van der Waals surface area contributed by atoms with Crippen LogP contribution in [0.4, 0.5) is 0 Å². The number of rotatable bonds is 5. The lowest BCUT2D eigenvalue weighted by atomic mass is 9.92. The van der Waals surface area contributed by atoms with Gasteiger partial charge in [0.05, 0.1) is 5.60 Å². The summed E-state index contributed by atoms with van der Waals surface area (Å²) >= 11 is 0. The summed E-state index contributed by atoms with van der Waals surface area (Å²) in [6.45, 7) is 7.04. The molecule has 0 aromatic carbocycles. The standard InChI is InChI=1S/C8H17NO4/c1-7(2,12-5)6-8(3,4)13-9(10)11/h6H2,1-5H3. The maximum Gasteiger partial charge on any atom is 0.295 e. The van der Waals surface area contributed by atoms with E-state index in [0.29, 0.717) is 6.42 Å². The molecule has 0 saturated carbocycles. The van der Waals surface area contributed by atoms with Crippen molar-refractivity contribution >= 4 is 0 Å². The van der Waals surface area contributed by atoms with Gasteiger partial charge in [0.1, 0.15) is 5.60 Å². The van der Waals surface area contributed by atoms with Crippen molar-refractivity contribution in [2.45, 2.75) is 45.3 Å². The van der Waals surface area contributed by atoms with Gasteiger partial charge in [0, 0.05) is 13.5 Å². The summed E-state index contributed by atoms with van der Waals surface area (Å²) in [5, 5.41) is 9.36. The summed E-state index contributed by atoms with van der Waals surface area (Å²) in [7, 11) is 1.57. The fourth-order valence-electron chi connectivity index (χ4n) is 1.33. The Bertz CT molecular complexity index is 189. The molecule has 5 heteroatoms. The molecule has 0 radical (unpaired) electrons. The van der Waals surface area contributed by atoms with Gasteiger partial charge in [-0.2, -0.15) is 0 Å². The summed E-state index contributed by atoms with van der Waals surface area (Å²) in [4.78, 5) is 14.6. The zero-order valence-electron chi connectivity index (χ0n) is 8.79. The van der Waals surface area contributed by atoms with E-state index < -0.39 is 16.3 Å². The Kier molecular flexibility index (Phi) is 3.66. The highest BCUT2D eigenvalue weighted by molar-refractivity contribution is 4.79. The summed E-state index contributed by atoms with van der Waals surface area (Å²) in [6, 6.07) is 0. The molecule has 0 aromatic rings. The molecular weight excluding hydrogens is 174 g/mol. The van der Waals surface area contributed by atoms with Crippen LogP contribution in [-0.2, 0) is 9.57 Å². The zero-order valence-corrected chi connectivity index (χ0v) is 8.79. The van der Waals surface area contributed by atoms with Crippen LogP contribution in [0.25, 0.3) is 0 Å². The van der Waals surface area contributed by atoms with Gasteiger partial charge < -0.3 is 9.57 Å². The van der Waals surface area contributed by atoms with Crippen molar-refractivity contribution < 1.29 is 14.7 Å². The maximum absolute atomic E-state index is 10.1. The van der Waals surface area contributed by atoms with Gasteiger partial charge in [-0.1, -0.05) is 0 Å². The average Bonchev–Trinajstić information content (AvgIpc) is 1.81. The van der Waals surface area contributed by atoms with Crippen LogP contribution in [0, 0.1) is 10.1 Å². The summed E-state index contributed by atoms with van der Waals surface area (Å²) in [5.41, 5.74) is -1.23. The maximum atomic E-state index is 10.1. The van der Waals surface area contributed by atoms with E-state index in [1.165, 1.54) is 0 Å². The fraction of sp³-hybridized carbons (Fsp3) is 1.00. The van der Waals surface area contributed by atoms with E-state index in [9.17, 15) is 10.1 Å². The molecule has 5 nitrogen and oxygen atoms in total. The van der Waals surface area contributed by atoms with Gasteiger partial charge in [0.15, 0.2) is 0 Å². The lowest BCUT2D eigenvalue weighted by Crippen LogP contribution is -2.38. The third-order valence-electron chi connectivity index (χ3n) is 1.73. The molecule has 0 N–H and O–H groups in total. The molecule has 0 heterocycles. The number of methoxy groups -OCH3 is 1. The minimum Gasteiger partial charge on any atom is -0.379 e.